The average molecular weight is 598 g/mol. The maximum Gasteiger partial charge on any atom is 0.419 e. The Morgan fingerprint density at radius 3 is 2.12 bits per heavy atom. The lowest BCUT2D eigenvalue weighted by Gasteiger charge is -2.34. The average Bonchev–Trinajstić information content (AvgIpc) is 2.92. The number of nitrogens with zero attached hydrogens (tertiary/aromatic N) is 2. The number of halogens is 7. The Hall–Kier alpha value is -4.29. The monoisotopic (exact) mass is 597 g/mol. The fraction of sp³-hybridized carbons (Fsp3) is 0.310. The zero-order valence-corrected chi connectivity index (χ0v) is 22.4. The van der Waals surface area contributed by atoms with Crippen LogP contribution in [0.25, 0.3) is 11.1 Å². The third-order valence-electron chi connectivity index (χ3n) is 6.47. The van der Waals surface area contributed by atoms with Crippen molar-refractivity contribution in [3.05, 3.63) is 83.2 Å². The van der Waals surface area contributed by atoms with Gasteiger partial charge in [-0.2, -0.15) is 26.3 Å². The van der Waals surface area contributed by atoms with Crippen molar-refractivity contribution in [1.82, 2.24) is 9.80 Å². The molecule has 0 spiro atoms. The maximum atomic E-state index is 13.5. The van der Waals surface area contributed by atoms with Gasteiger partial charge in [0.15, 0.2) is 0 Å². The number of amides is 3. The van der Waals surface area contributed by atoms with E-state index in [9.17, 15) is 40.3 Å². The molecular weight excluding hydrogens is 571 g/mol. The fourth-order valence-corrected chi connectivity index (χ4v) is 4.43. The number of carbonyl (C=O) groups is 2. The van der Waals surface area contributed by atoms with Crippen LogP contribution in [0.5, 0.6) is 5.75 Å². The van der Waals surface area contributed by atoms with Gasteiger partial charge in [-0.05, 0) is 61.9 Å². The number of nitrogens with one attached hydrogen (secondary N) is 1. The molecule has 1 heterocycles. The van der Waals surface area contributed by atoms with Crippen molar-refractivity contribution in [1.29, 1.82) is 0 Å². The Bertz CT molecular complexity index is 1460. The van der Waals surface area contributed by atoms with E-state index in [0.29, 0.717) is 23.3 Å². The molecule has 3 aromatic rings. The maximum absolute atomic E-state index is 13.5. The predicted molar refractivity (Wildman–Crippen MR) is 141 cm³/mol. The molecule has 224 valence electrons. The summed E-state index contributed by atoms with van der Waals surface area (Å²) < 4.78 is 98.0. The molecule has 0 aliphatic carbocycles. The smallest absolute Gasteiger partial charge is 0.419 e. The number of ether oxygens (including phenoxy) is 1. The first kappa shape index (κ1) is 30.7. The summed E-state index contributed by atoms with van der Waals surface area (Å²) in [4.78, 5) is 28.7. The molecule has 1 N–H and O–H groups in total. The molecule has 6 nitrogen and oxygen atoms in total. The molecule has 4 rings (SSSR count). The molecule has 1 fully saturated rings. The first-order valence-electron chi connectivity index (χ1n) is 12.8. The van der Waals surface area contributed by atoms with Gasteiger partial charge in [0.1, 0.15) is 11.6 Å². The lowest BCUT2D eigenvalue weighted by molar-refractivity contribution is -0.140. The van der Waals surface area contributed by atoms with Crippen molar-refractivity contribution >= 4 is 17.6 Å². The van der Waals surface area contributed by atoms with E-state index in [1.807, 2.05) is 0 Å². The summed E-state index contributed by atoms with van der Waals surface area (Å²) in [5, 5.41) is 2.32. The lowest BCUT2D eigenvalue weighted by atomic mass is 9.99. The SMILES string of the molecule is CC(C)Oc1cc(C(F)(F)F)ccc1-c1cccc(C(=O)N2CCN(C(=O)Nc3ccc(F)c(C(F)(F)F)c3)CC2)c1. The molecule has 0 radical (unpaired) electrons. The predicted octanol–water partition coefficient (Wildman–Crippen LogP) is 7.31. The van der Waals surface area contributed by atoms with Gasteiger partial charge in [0.2, 0.25) is 0 Å². The minimum Gasteiger partial charge on any atom is -0.490 e. The number of alkyl halides is 6. The van der Waals surface area contributed by atoms with Crippen LogP contribution in [0.1, 0.15) is 35.3 Å². The summed E-state index contributed by atoms with van der Waals surface area (Å²) in [6, 6.07) is 10.9. The van der Waals surface area contributed by atoms with E-state index < -0.39 is 41.4 Å². The summed E-state index contributed by atoms with van der Waals surface area (Å²) >= 11 is 0. The summed E-state index contributed by atoms with van der Waals surface area (Å²) in [6.07, 6.45) is -9.89. The van der Waals surface area contributed by atoms with Crippen LogP contribution in [0.2, 0.25) is 0 Å². The molecule has 3 amide bonds. The minimum absolute atomic E-state index is 0.0209. The van der Waals surface area contributed by atoms with Crippen LogP contribution in [0, 0.1) is 5.82 Å². The number of piperazine rings is 1. The van der Waals surface area contributed by atoms with E-state index in [-0.39, 0.29) is 49.1 Å². The molecule has 1 aliphatic heterocycles. The van der Waals surface area contributed by atoms with E-state index in [0.717, 1.165) is 18.2 Å². The van der Waals surface area contributed by atoms with Gasteiger partial charge in [-0.1, -0.05) is 18.2 Å². The second-order valence-corrected chi connectivity index (χ2v) is 9.86. The summed E-state index contributed by atoms with van der Waals surface area (Å²) in [7, 11) is 0. The van der Waals surface area contributed by atoms with Gasteiger partial charge in [0, 0.05) is 43.0 Å². The molecule has 1 aliphatic rings. The van der Waals surface area contributed by atoms with Gasteiger partial charge in [-0.15, -0.1) is 0 Å². The van der Waals surface area contributed by atoms with Gasteiger partial charge in [0.25, 0.3) is 5.91 Å². The van der Waals surface area contributed by atoms with Gasteiger partial charge < -0.3 is 19.9 Å². The van der Waals surface area contributed by atoms with E-state index in [4.69, 9.17) is 4.74 Å². The van der Waals surface area contributed by atoms with E-state index in [2.05, 4.69) is 5.32 Å². The zero-order valence-electron chi connectivity index (χ0n) is 22.4. The first-order valence-corrected chi connectivity index (χ1v) is 12.8. The first-order chi connectivity index (χ1) is 19.6. The molecular formula is C29H26F7N3O3. The van der Waals surface area contributed by atoms with Crippen molar-refractivity contribution in [2.45, 2.75) is 32.3 Å². The molecule has 0 unspecified atom stereocenters. The van der Waals surface area contributed by atoms with E-state index >= 15 is 0 Å². The molecule has 0 saturated carbocycles. The fourth-order valence-electron chi connectivity index (χ4n) is 4.43. The van der Waals surface area contributed by atoms with Gasteiger partial charge in [0.05, 0.1) is 17.2 Å². The third kappa shape index (κ3) is 7.12. The number of urea groups is 1. The molecule has 13 heteroatoms. The number of benzene rings is 3. The zero-order chi connectivity index (χ0) is 30.8. The number of rotatable bonds is 5. The van der Waals surface area contributed by atoms with Crippen LogP contribution in [0.4, 0.5) is 41.2 Å². The molecule has 0 aromatic heterocycles. The van der Waals surface area contributed by atoms with Crippen LogP contribution >= 0.6 is 0 Å². The molecule has 1 saturated heterocycles. The van der Waals surface area contributed by atoms with Gasteiger partial charge >= 0.3 is 18.4 Å². The standard InChI is InChI=1S/C29H26F7N3O3/c1-17(2)42-25-15-20(28(31,32)33)6-8-22(25)18-4-3-5-19(14-18)26(40)38-10-12-39(13-11-38)27(41)37-21-7-9-24(30)23(16-21)29(34,35)36/h3-9,14-17H,10-13H2,1-2H3,(H,37,41). The topological polar surface area (TPSA) is 61.9 Å². The quantitative estimate of drug-likeness (QED) is 0.314. The molecule has 3 aromatic carbocycles. The number of anilines is 1. The molecule has 0 atom stereocenters. The Labute approximate surface area is 236 Å². The summed E-state index contributed by atoms with van der Waals surface area (Å²) in [6.45, 7) is 3.77. The Kier molecular flexibility index (Phi) is 8.69. The third-order valence-corrected chi connectivity index (χ3v) is 6.47. The Morgan fingerprint density at radius 1 is 0.833 bits per heavy atom. The van der Waals surface area contributed by atoms with Crippen LogP contribution in [-0.4, -0.2) is 54.0 Å². The van der Waals surface area contributed by atoms with Crippen molar-refractivity contribution in [2.24, 2.45) is 0 Å². The van der Waals surface area contributed by atoms with Crippen LogP contribution in [-0.2, 0) is 12.4 Å². The van der Waals surface area contributed by atoms with E-state index in [1.165, 1.54) is 15.9 Å². The van der Waals surface area contributed by atoms with Crippen LogP contribution in [0.3, 0.4) is 0 Å². The van der Waals surface area contributed by atoms with Crippen LogP contribution in [0.15, 0.2) is 60.7 Å². The van der Waals surface area contributed by atoms with Crippen molar-refractivity contribution < 1.29 is 45.1 Å². The largest absolute Gasteiger partial charge is 0.490 e. The second kappa shape index (κ2) is 11.9. The number of hydrogen-bond acceptors (Lipinski definition) is 3. The lowest BCUT2D eigenvalue weighted by Crippen LogP contribution is -2.51. The summed E-state index contributed by atoms with van der Waals surface area (Å²) in [5.41, 5.74) is -1.48. The Morgan fingerprint density at radius 2 is 1.50 bits per heavy atom. The van der Waals surface area contributed by atoms with Crippen molar-refractivity contribution in [3.63, 3.8) is 0 Å². The highest BCUT2D eigenvalue weighted by molar-refractivity contribution is 5.96. The van der Waals surface area contributed by atoms with Crippen molar-refractivity contribution in [3.8, 4) is 16.9 Å². The Balaban J connectivity index is 1.44. The highest BCUT2D eigenvalue weighted by Gasteiger charge is 2.35. The van der Waals surface area contributed by atoms with Gasteiger partial charge in [-0.3, -0.25) is 4.79 Å². The minimum atomic E-state index is -4.93. The van der Waals surface area contributed by atoms with E-state index in [1.54, 1.807) is 38.1 Å². The van der Waals surface area contributed by atoms with Gasteiger partial charge in [-0.25, -0.2) is 9.18 Å². The normalized spacial score (nSPS) is 14.2. The summed E-state index contributed by atoms with van der Waals surface area (Å²) in [5.74, 6) is -1.81. The van der Waals surface area contributed by atoms with Crippen molar-refractivity contribution in [2.75, 3.05) is 31.5 Å². The highest BCUT2D eigenvalue weighted by Crippen LogP contribution is 2.38. The van der Waals surface area contributed by atoms with Crippen LogP contribution < -0.4 is 10.1 Å². The molecule has 0 bridgehead atoms. The number of hydrogen-bond donors (Lipinski definition) is 1. The molecule has 42 heavy (non-hydrogen) atoms. The second-order valence-electron chi connectivity index (χ2n) is 9.86. The number of carbonyl (C=O) groups excluding carboxylic acids is 2. The highest BCUT2D eigenvalue weighted by atomic mass is 19.4.